The highest BCUT2D eigenvalue weighted by molar-refractivity contribution is 5.78. The van der Waals surface area contributed by atoms with Crippen molar-refractivity contribution in [3.8, 4) is 5.75 Å². The van der Waals surface area contributed by atoms with E-state index in [1.54, 1.807) is 0 Å². The van der Waals surface area contributed by atoms with Gasteiger partial charge >= 0.3 is 0 Å². The molecule has 3 rings (SSSR count). The summed E-state index contributed by atoms with van der Waals surface area (Å²) in [6, 6.07) is 14.4. The van der Waals surface area contributed by atoms with Crippen molar-refractivity contribution < 1.29 is 9.53 Å². The van der Waals surface area contributed by atoms with Gasteiger partial charge in [0.15, 0.2) is 6.61 Å². The number of rotatable bonds is 4. The molecule has 0 radical (unpaired) electrons. The number of piperazine rings is 1. The molecular weight excluding hydrogens is 312 g/mol. The fourth-order valence-electron chi connectivity index (χ4n) is 3.08. The molecule has 0 N–H and O–H groups in total. The zero-order valence-corrected chi connectivity index (χ0v) is 15.3. The summed E-state index contributed by atoms with van der Waals surface area (Å²) in [6.45, 7) is 9.52. The molecule has 1 aliphatic rings. The topological polar surface area (TPSA) is 32.8 Å². The standard InChI is InChI=1S/C21H26N2O2/c1-16-5-4-6-19(13-16)22-9-11-23(12-10-22)21(24)15-25-20-8-7-17(2)18(3)14-20/h4-8,13-14H,9-12,15H2,1-3H3. The zero-order chi connectivity index (χ0) is 17.8. The number of carbonyl (C=O) groups excluding carboxylic acids is 1. The molecule has 4 nitrogen and oxygen atoms in total. The second kappa shape index (κ2) is 7.60. The van der Waals surface area contributed by atoms with Crippen molar-refractivity contribution in [1.82, 2.24) is 4.90 Å². The molecule has 0 aliphatic carbocycles. The van der Waals surface area contributed by atoms with E-state index in [1.165, 1.54) is 22.4 Å². The van der Waals surface area contributed by atoms with Gasteiger partial charge in [0.1, 0.15) is 5.75 Å². The number of amides is 1. The van der Waals surface area contributed by atoms with Crippen molar-refractivity contribution in [3.05, 3.63) is 59.2 Å². The summed E-state index contributed by atoms with van der Waals surface area (Å²) >= 11 is 0. The Balaban J connectivity index is 1.50. The minimum atomic E-state index is 0.0575. The Bertz CT molecular complexity index is 749. The quantitative estimate of drug-likeness (QED) is 0.857. The van der Waals surface area contributed by atoms with Gasteiger partial charge in [0.25, 0.3) is 5.91 Å². The maximum absolute atomic E-state index is 12.4. The number of carbonyl (C=O) groups is 1. The molecule has 132 valence electrons. The number of anilines is 1. The van der Waals surface area contributed by atoms with Gasteiger partial charge in [-0.2, -0.15) is 0 Å². The van der Waals surface area contributed by atoms with Crippen molar-refractivity contribution >= 4 is 11.6 Å². The Hall–Kier alpha value is -2.49. The molecule has 25 heavy (non-hydrogen) atoms. The smallest absolute Gasteiger partial charge is 0.260 e. The Labute approximate surface area is 150 Å². The van der Waals surface area contributed by atoms with Crippen molar-refractivity contribution in [2.45, 2.75) is 20.8 Å². The van der Waals surface area contributed by atoms with Crippen LogP contribution in [0.3, 0.4) is 0 Å². The molecule has 0 atom stereocenters. The third-order valence-electron chi connectivity index (χ3n) is 4.84. The van der Waals surface area contributed by atoms with Crippen LogP contribution in [0.1, 0.15) is 16.7 Å². The molecule has 0 unspecified atom stereocenters. The van der Waals surface area contributed by atoms with Crippen LogP contribution in [0.25, 0.3) is 0 Å². The van der Waals surface area contributed by atoms with Gasteiger partial charge in [-0.25, -0.2) is 0 Å². The number of benzene rings is 2. The first-order valence-electron chi connectivity index (χ1n) is 8.82. The third kappa shape index (κ3) is 4.32. The van der Waals surface area contributed by atoms with Crippen molar-refractivity contribution in [2.24, 2.45) is 0 Å². The van der Waals surface area contributed by atoms with E-state index in [1.807, 2.05) is 23.1 Å². The van der Waals surface area contributed by atoms with Crippen LogP contribution in [0.2, 0.25) is 0 Å². The van der Waals surface area contributed by atoms with Gasteiger partial charge in [0.05, 0.1) is 0 Å². The summed E-state index contributed by atoms with van der Waals surface area (Å²) < 4.78 is 5.68. The third-order valence-corrected chi connectivity index (χ3v) is 4.84. The van der Waals surface area contributed by atoms with Crippen LogP contribution in [0, 0.1) is 20.8 Å². The normalized spacial score (nSPS) is 14.5. The van der Waals surface area contributed by atoms with Gasteiger partial charge in [-0.1, -0.05) is 18.2 Å². The highest BCUT2D eigenvalue weighted by Gasteiger charge is 2.21. The average molecular weight is 338 g/mol. The number of hydrogen-bond donors (Lipinski definition) is 0. The lowest BCUT2D eigenvalue weighted by Crippen LogP contribution is -2.50. The van der Waals surface area contributed by atoms with E-state index >= 15 is 0 Å². The predicted octanol–water partition coefficient (Wildman–Crippen LogP) is 3.34. The number of nitrogens with zero attached hydrogens (tertiary/aromatic N) is 2. The summed E-state index contributed by atoms with van der Waals surface area (Å²) in [4.78, 5) is 16.6. The molecular formula is C21H26N2O2. The first-order chi connectivity index (χ1) is 12.0. The van der Waals surface area contributed by atoms with Crippen LogP contribution in [-0.2, 0) is 4.79 Å². The second-order valence-corrected chi connectivity index (χ2v) is 6.74. The summed E-state index contributed by atoms with van der Waals surface area (Å²) in [5.74, 6) is 0.817. The van der Waals surface area contributed by atoms with Crippen LogP contribution in [-0.4, -0.2) is 43.6 Å². The molecule has 2 aromatic rings. The van der Waals surface area contributed by atoms with E-state index < -0.39 is 0 Å². The molecule has 1 heterocycles. The van der Waals surface area contributed by atoms with Gasteiger partial charge in [-0.15, -0.1) is 0 Å². The van der Waals surface area contributed by atoms with Crippen LogP contribution >= 0.6 is 0 Å². The van der Waals surface area contributed by atoms with E-state index in [9.17, 15) is 4.79 Å². The molecule has 1 aliphatic heterocycles. The Kier molecular flexibility index (Phi) is 5.27. The average Bonchev–Trinajstić information content (AvgIpc) is 2.62. The summed E-state index contributed by atoms with van der Waals surface area (Å²) in [6.07, 6.45) is 0. The maximum atomic E-state index is 12.4. The molecule has 0 aromatic heterocycles. The lowest BCUT2D eigenvalue weighted by molar-refractivity contribution is -0.133. The van der Waals surface area contributed by atoms with Crippen LogP contribution < -0.4 is 9.64 Å². The molecule has 4 heteroatoms. The van der Waals surface area contributed by atoms with Crippen LogP contribution in [0.15, 0.2) is 42.5 Å². The number of hydrogen-bond acceptors (Lipinski definition) is 3. The lowest BCUT2D eigenvalue weighted by atomic mass is 10.1. The molecule has 0 spiro atoms. The van der Waals surface area contributed by atoms with E-state index in [0.717, 1.165) is 31.9 Å². The molecule has 1 saturated heterocycles. The minimum Gasteiger partial charge on any atom is -0.484 e. The van der Waals surface area contributed by atoms with Crippen molar-refractivity contribution in [1.29, 1.82) is 0 Å². The maximum Gasteiger partial charge on any atom is 0.260 e. The fraction of sp³-hybridized carbons (Fsp3) is 0.381. The molecule has 2 aromatic carbocycles. The molecule has 0 saturated carbocycles. The second-order valence-electron chi connectivity index (χ2n) is 6.74. The van der Waals surface area contributed by atoms with Crippen molar-refractivity contribution in [3.63, 3.8) is 0 Å². The van der Waals surface area contributed by atoms with Gasteiger partial charge in [-0.05, 0) is 61.7 Å². The first kappa shape index (κ1) is 17.3. The number of ether oxygens (including phenoxy) is 1. The van der Waals surface area contributed by atoms with Gasteiger partial charge in [0, 0.05) is 31.9 Å². The monoisotopic (exact) mass is 338 g/mol. The SMILES string of the molecule is Cc1cccc(N2CCN(C(=O)COc3ccc(C)c(C)c3)CC2)c1. The van der Waals surface area contributed by atoms with E-state index in [2.05, 4.69) is 49.9 Å². The minimum absolute atomic E-state index is 0.0575. The predicted molar refractivity (Wildman–Crippen MR) is 101 cm³/mol. The molecule has 0 bridgehead atoms. The van der Waals surface area contributed by atoms with Gasteiger partial charge in [0.2, 0.25) is 0 Å². The van der Waals surface area contributed by atoms with Gasteiger partial charge < -0.3 is 14.5 Å². The Morgan fingerprint density at radius 2 is 1.72 bits per heavy atom. The number of aryl methyl sites for hydroxylation is 3. The molecule has 1 fully saturated rings. The zero-order valence-electron chi connectivity index (χ0n) is 15.3. The largest absolute Gasteiger partial charge is 0.484 e. The highest BCUT2D eigenvalue weighted by Crippen LogP contribution is 2.19. The van der Waals surface area contributed by atoms with E-state index in [0.29, 0.717) is 0 Å². The molecule has 1 amide bonds. The highest BCUT2D eigenvalue weighted by atomic mass is 16.5. The first-order valence-corrected chi connectivity index (χ1v) is 8.82. The fourth-order valence-corrected chi connectivity index (χ4v) is 3.08. The lowest BCUT2D eigenvalue weighted by Gasteiger charge is -2.36. The summed E-state index contributed by atoms with van der Waals surface area (Å²) in [7, 11) is 0. The van der Waals surface area contributed by atoms with E-state index in [4.69, 9.17) is 4.74 Å². The van der Waals surface area contributed by atoms with E-state index in [-0.39, 0.29) is 12.5 Å². The summed E-state index contributed by atoms with van der Waals surface area (Å²) in [5, 5.41) is 0. The summed E-state index contributed by atoms with van der Waals surface area (Å²) in [5.41, 5.74) is 4.90. The van der Waals surface area contributed by atoms with Gasteiger partial charge in [-0.3, -0.25) is 4.79 Å². The van der Waals surface area contributed by atoms with Crippen LogP contribution in [0.5, 0.6) is 5.75 Å². The van der Waals surface area contributed by atoms with Crippen molar-refractivity contribution in [2.75, 3.05) is 37.7 Å². The Morgan fingerprint density at radius 3 is 2.40 bits per heavy atom. The van der Waals surface area contributed by atoms with Crippen LogP contribution in [0.4, 0.5) is 5.69 Å². The Morgan fingerprint density at radius 1 is 0.960 bits per heavy atom.